The molecule has 0 unspecified atom stereocenters. The minimum Gasteiger partial charge on any atom is -0.309 e. The van der Waals surface area contributed by atoms with Gasteiger partial charge in [-0.2, -0.15) is 0 Å². The van der Waals surface area contributed by atoms with Crippen LogP contribution in [0.1, 0.15) is 72.2 Å². The molecule has 0 aromatic heterocycles. The van der Waals surface area contributed by atoms with Gasteiger partial charge in [0.2, 0.25) is 0 Å². The summed E-state index contributed by atoms with van der Waals surface area (Å²) in [7, 11) is 0. The fourth-order valence-electron chi connectivity index (χ4n) is 15.5. The van der Waals surface area contributed by atoms with Gasteiger partial charge in [-0.25, -0.2) is 0 Å². The fraction of sp³-hybridized carbons (Fsp3) is 0.116. The summed E-state index contributed by atoms with van der Waals surface area (Å²) in [5, 5.41) is 9.83. The molecule has 14 aromatic carbocycles. The van der Waals surface area contributed by atoms with Gasteiger partial charge in [0.1, 0.15) is 0 Å². The third-order valence-electron chi connectivity index (χ3n) is 19.9. The molecule has 0 amide bonds. The zero-order valence-electron chi connectivity index (χ0n) is 51.3. The summed E-state index contributed by atoms with van der Waals surface area (Å²) in [6.07, 6.45) is 0. The Kier molecular flexibility index (Phi) is 12.2. The average molecular weight is 1130 g/mol. The molecule has 0 atom stereocenters. The van der Waals surface area contributed by atoms with Crippen molar-refractivity contribution in [2.45, 2.75) is 66.2 Å². The van der Waals surface area contributed by atoms with Gasteiger partial charge in [0.05, 0.1) is 22.7 Å². The first kappa shape index (κ1) is 53.2. The normalized spacial score (nSPS) is 13.4. The predicted molar refractivity (Wildman–Crippen MR) is 376 cm³/mol. The van der Waals surface area contributed by atoms with Crippen molar-refractivity contribution >= 4 is 77.2 Å². The molecule has 0 N–H and O–H groups in total. The number of hydrogen-bond acceptors (Lipinski definition) is 2. The zero-order chi connectivity index (χ0) is 59.7. The number of fused-ring (bicyclic) bond motifs is 12. The molecule has 2 aliphatic carbocycles. The Hall–Kier alpha value is -10.3. The third kappa shape index (κ3) is 8.15. The third-order valence-corrected chi connectivity index (χ3v) is 19.9. The molecule has 2 nitrogen and oxygen atoms in total. The summed E-state index contributed by atoms with van der Waals surface area (Å²) < 4.78 is 0. The quantitative estimate of drug-likeness (QED) is 0.133. The maximum absolute atomic E-state index is 2.58. The van der Waals surface area contributed by atoms with Gasteiger partial charge >= 0.3 is 0 Å². The van der Waals surface area contributed by atoms with Crippen LogP contribution in [-0.4, -0.2) is 0 Å². The molecule has 16 rings (SSSR count). The molecule has 2 aliphatic rings. The number of nitrogens with zero attached hydrogens (tertiary/aromatic N) is 2. The van der Waals surface area contributed by atoms with Crippen LogP contribution in [-0.2, 0) is 10.8 Å². The van der Waals surface area contributed by atoms with Crippen LogP contribution in [0.3, 0.4) is 0 Å². The summed E-state index contributed by atoms with van der Waals surface area (Å²) in [5.74, 6) is 0. The maximum Gasteiger partial charge on any atom is 0.0569 e. The van der Waals surface area contributed by atoms with Crippen LogP contribution in [0, 0.1) is 27.7 Å². The number of para-hydroxylation sites is 2. The molecule has 0 saturated carbocycles. The summed E-state index contributed by atoms with van der Waals surface area (Å²) in [6, 6.07) is 101. The van der Waals surface area contributed by atoms with Gasteiger partial charge in [0.15, 0.2) is 0 Å². The van der Waals surface area contributed by atoms with E-state index in [1.807, 2.05) is 0 Å². The number of rotatable bonds is 9. The molecule has 422 valence electrons. The lowest BCUT2D eigenvalue weighted by molar-refractivity contribution is 0.660. The van der Waals surface area contributed by atoms with Crippen molar-refractivity contribution in [2.24, 2.45) is 0 Å². The van der Waals surface area contributed by atoms with E-state index < -0.39 is 0 Å². The van der Waals surface area contributed by atoms with E-state index >= 15 is 0 Å². The van der Waals surface area contributed by atoms with Crippen molar-refractivity contribution in [3.05, 3.63) is 311 Å². The van der Waals surface area contributed by atoms with Crippen LogP contribution in [0.4, 0.5) is 34.1 Å². The first-order chi connectivity index (χ1) is 42.8. The second-order valence-corrected chi connectivity index (χ2v) is 25.8. The SMILES string of the molecule is Cc1cc(-c2ccc(N(c3c(C)cccc3-c3ccc4c(c3)C(C)(C)c3ccccc3-4)c3cc4ccccc4c4ccccc34)c(C)c2)ccc1N(c1c(C)cccc1-c1ccc2c(c1)C(C)(C)c1ccccc1-2)c1cc2ccccc2c2ccccc12. The smallest absolute Gasteiger partial charge is 0.0569 e. The van der Waals surface area contributed by atoms with Gasteiger partial charge < -0.3 is 9.80 Å². The highest BCUT2D eigenvalue weighted by atomic mass is 15.2. The van der Waals surface area contributed by atoms with E-state index in [1.54, 1.807) is 0 Å². The molecule has 14 aromatic rings. The van der Waals surface area contributed by atoms with E-state index in [1.165, 1.54) is 155 Å². The molecule has 2 heteroatoms. The van der Waals surface area contributed by atoms with Crippen molar-refractivity contribution in [3.63, 3.8) is 0 Å². The fourth-order valence-corrected chi connectivity index (χ4v) is 15.5. The van der Waals surface area contributed by atoms with Gasteiger partial charge in [-0.3, -0.25) is 0 Å². The Labute approximate surface area is 517 Å². The van der Waals surface area contributed by atoms with E-state index in [0.717, 1.165) is 22.7 Å². The van der Waals surface area contributed by atoms with E-state index in [4.69, 9.17) is 0 Å². The van der Waals surface area contributed by atoms with Crippen LogP contribution in [0.15, 0.2) is 267 Å². The first-order valence-corrected chi connectivity index (χ1v) is 31.2. The maximum atomic E-state index is 2.58. The molecule has 0 fully saturated rings. The molecule has 0 bridgehead atoms. The largest absolute Gasteiger partial charge is 0.309 e. The lowest BCUT2D eigenvalue weighted by Gasteiger charge is -2.33. The minimum atomic E-state index is -0.135. The highest BCUT2D eigenvalue weighted by Gasteiger charge is 2.38. The number of aryl methyl sites for hydroxylation is 4. The van der Waals surface area contributed by atoms with Gasteiger partial charge in [-0.1, -0.05) is 246 Å². The average Bonchev–Trinajstić information content (AvgIpc) is 1.15. The molecule has 0 aliphatic heterocycles. The Bertz CT molecular complexity index is 4900. The molecule has 0 spiro atoms. The van der Waals surface area contributed by atoms with E-state index in [2.05, 4.69) is 332 Å². The first-order valence-electron chi connectivity index (χ1n) is 31.2. The minimum absolute atomic E-state index is 0.135. The molecule has 0 radical (unpaired) electrons. The van der Waals surface area contributed by atoms with Crippen molar-refractivity contribution in [1.82, 2.24) is 0 Å². The van der Waals surface area contributed by atoms with Crippen LogP contribution < -0.4 is 9.80 Å². The summed E-state index contributed by atoms with van der Waals surface area (Å²) in [5.41, 5.74) is 29.5. The van der Waals surface area contributed by atoms with Gasteiger partial charge in [0.25, 0.3) is 0 Å². The summed E-state index contributed by atoms with van der Waals surface area (Å²) >= 11 is 0. The monoisotopic (exact) mass is 1130 g/mol. The van der Waals surface area contributed by atoms with Crippen LogP contribution in [0.2, 0.25) is 0 Å². The van der Waals surface area contributed by atoms with Gasteiger partial charge in [0, 0.05) is 44.1 Å². The van der Waals surface area contributed by atoms with Gasteiger partial charge in [-0.15, -0.1) is 0 Å². The molecule has 88 heavy (non-hydrogen) atoms. The standard InChI is InChI=1S/C86H68N2/c1-53-23-21-35-65(61-39-43-71-69-31-17-19-37-75(69)85(5,6)77(71)49-61)83(53)87(81-51-59-25-9-11-27-63(59)67-29-13-15-33-73(67)81)79-45-41-57(47-55(79)3)58-42-46-80(56(4)48-58)88(82-52-60-26-10-12-28-64(60)68-30-14-16-34-74(68)82)84-54(2)24-22-36-66(84)62-40-44-72-70-32-18-20-38-76(70)86(7,8)78(72)50-62/h9-52H,1-8H3. The molecular weight excluding hydrogens is 1060 g/mol. The highest BCUT2D eigenvalue weighted by Crippen LogP contribution is 2.55. The summed E-state index contributed by atoms with van der Waals surface area (Å²) in [4.78, 5) is 5.15. The number of anilines is 6. The van der Waals surface area contributed by atoms with Crippen molar-refractivity contribution in [1.29, 1.82) is 0 Å². The highest BCUT2D eigenvalue weighted by molar-refractivity contribution is 6.17. The van der Waals surface area contributed by atoms with Crippen LogP contribution in [0.5, 0.6) is 0 Å². The van der Waals surface area contributed by atoms with Crippen LogP contribution in [0.25, 0.3) is 98.7 Å². The van der Waals surface area contributed by atoms with Crippen molar-refractivity contribution < 1.29 is 0 Å². The number of benzene rings is 14. The second kappa shape index (κ2) is 20.2. The molecule has 0 heterocycles. The second-order valence-electron chi connectivity index (χ2n) is 25.8. The van der Waals surface area contributed by atoms with Gasteiger partial charge in [-0.05, 0) is 198 Å². The van der Waals surface area contributed by atoms with E-state index in [9.17, 15) is 0 Å². The Morgan fingerprint density at radius 1 is 0.227 bits per heavy atom. The van der Waals surface area contributed by atoms with Crippen molar-refractivity contribution in [2.75, 3.05) is 9.80 Å². The lowest BCUT2D eigenvalue weighted by atomic mass is 9.81. The Morgan fingerprint density at radius 2 is 0.568 bits per heavy atom. The van der Waals surface area contributed by atoms with Crippen molar-refractivity contribution in [3.8, 4) is 55.6 Å². The topological polar surface area (TPSA) is 6.48 Å². The summed E-state index contributed by atoms with van der Waals surface area (Å²) in [6.45, 7) is 18.7. The lowest BCUT2D eigenvalue weighted by Crippen LogP contribution is -2.16. The predicted octanol–water partition coefficient (Wildman–Crippen LogP) is 24.1. The Morgan fingerprint density at radius 3 is 0.989 bits per heavy atom. The number of hydrogen-bond donors (Lipinski definition) is 0. The van der Waals surface area contributed by atoms with E-state index in [-0.39, 0.29) is 10.8 Å². The zero-order valence-corrected chi connectivity index (χ0v) is 51.3. The van der Waals surface area contributed by atoms with Crippen LogP contribution >= 0.6 is 0 Å². The molecule has 0 saturated heterocycles. The molecular formula is C86H68N2. The Balaban J connectivity index is 0.860. The van der Waals surface area contributed by atoms with E-state index in [0.29, 0.717) is 0 Å².